The Morgan fingerprint density at radius 1 is 1.55 bits per heavy atom. The molecule has 0 radical (unpaired) electrons. The number of halogens is 1. The lowest BCUT2D eigenvalue weighted by Crippen LogP contribution is -2.05. The van der Waals surface area contributed by atoms with Crippen LogP contribution < -0.4 is 5.73 Å². The van der Waals surface area contributed by atoms with E-state index < -0.39 is 0 Å². The Labute approximate surface area is 70.6 Å². The third-order valence-corrected chi connectivity index (χ3v) is 1.81. The molecule has 11 heavy (non-hydrogen) atoms. The van der Waals surface area contributed by atoms with Crippen LogP contribution in [-0.2, 0) is 0 Å². The van der Waals surface area contributed by atoms with E-state index in [9.17, 15) is 5.11 Å². The fourth-order valence-corrected chi connectivity index (χ4v) is 1.32. The zero-order valence-electron chi connectivity index (χ0n) is 6.21. The van der Waals surface area contributed by atoms with Gasteiger partial charge in [-0.05, 0) is 19.1 Å². The van der Waals surface area contributed by atoms with Crippen LogP contribution in [0.25, 0.3) is 0 Å². The second-order valence-electron chi connectivity index (χ2n) is 2.46. The van der Waals surface area contributed by atoms with E-state index in [1.54, 1.807) is 25.1 Å². The van der Waals surface area contributed by atoms with Gasteiger partial charge in [0.1, 0.15) is 5.75 Å². The monoisotopic (exact) mass is 171 g/mol. The molecule has 0 unspecified atom stereocenters. The van der Waals surface area contributed by atoms with E-state index in [4.69, 9.17) is 17.3 Å². The van der Waals surface area contributed by atoms with Crippen LogP contribution in [0.1, 0.15) is 18.5 Å². The lowest BCUT2D eigenvalue weighted by atomic mass is 10.1. The van der Waals surface area contributed by atoms with Gasteiger partial charge in [0.15, 0.2) is 0 Å². The molecule has 0 saturated heterocycles. The van der Waals surface area contributed by atoms with E-state index in [0.717, 1.165) is 0 Å². The van der Waals surface area contributed by atoms with Gasteiger partial charge >= 0.3 is 0 Å². The van der Waals surface area contributed by atoms with Crippen LogP contribution in [0.2, 0.25) is 5.02 Å². The second kappa shape index (κ2) is 3.11. The van der Waals surface area contributed by atoms with E-state index in [-0.39, 0.29) is 11.8 Å². The number of hydrogen-bond donors (Lipinski definition) is 2. The van der Waals surface area contributed by atoms with Crippen LogP contribution in [-0.4, -0.2) is 5.11 Å². The average Bonchev–Trinajstić information content (AvgIpc) is 1.85. The molecule has 0 spiro atoms. The highest BCUT2D eigenvalue weighted by Gasteiger charge is 2.09. The van der Waals surface area contributed by atoms with Gasteiger partial charge in [-0.2, -0.15) is 0 Å². The molecule has 0 amide bonds. The predicted molar refractivity (Wildman–Crippen MR) is 45.7 cm³/mol. The van der Waals surface area contributed by atoms with Gasteiger partial charge in [0.25, 0.3) is 0 Å². The lowest BCUT2D eigenvalue weighted by Gasteiger charge is -2.09. The number of hydrogen-bond acceptors (Lipinski definition) is 2. The number of nitrogens with two attached hydrogens (primary N) is 1. The highest BCUT2D eigenvalue weighted by atomic mass is 35.5. The van der Waals surface area contributed by atoms with Crippen molar-refractivity contribution >= 4 is 11.6 Å². The number of phenolic OH excluding ortho intramolecular Hbond substituents is 1. The van der Waals surface area contributed by atoms with Gasteiger partial charge in [0, 0.05) is 16.6 Å². The molecule has 0 aliphatic heterocycles. The van der Waals surface area contributed by atoms with Crippen molar-refractivity contribution in [1.29, 1.82) is 0 Å². The Kier molecular flexibility index (Phi) is 2.37. The summed E-state index contributed by atoms with van der Waals surface area (Å²) in [5, 5.41) is 9.81. The molecule has 0 aromatic heterocycles. The van der Waals surface area contributed by atoms with Crippen LogP contribution in [0.15, 0.2) is 18.2 Å². The smallest absolute Gasteiger partial charge is 0.121 e. The highest BCUT2D eigenvalue weighted by molar-refractivity contribution is 6.31. The first-order valence-corrected chi connectivity index (χ1v) is 3.73. The molecular formula is C8H10ClNO. The highest BCUT2D eigenvalue weighted by Crippen LogP contribution is 2.29. The molecule has 3 N–H and O–H groups in total. The molecule has 0 saturated carbocycles. The van der Waals surface area contributed by atoms with E-state index in [1.165, 1.54) is 0 Å². The van der Waals surface area contributed by atoms with Crippen LogP contribution >= 0.6 is 11.6 Å². The molecule has 1 aromatic rings. The summed E-state index contributed by atoms with van der Waals surface area (Å²) in [6.07, 6.45) is 0. The zero-order valence-corrected chi connectivity index (χ0v) is 6.97. The van der Waals surface area contributed by atoms with E-state index >= 15 is 0 Å². The minimum Gasteiger partial charge on any atom is -0.508 e. The molecule has 2 nitrogen and oxygen atoms in total. The lowest BCUT2D eigenvalue weighted by molar-refractivity contribution is 0.464. The average molecular weight is 172 g/mol. The maximum absolute atomic E-state index is 9.30. The van der Waals surface area contributed by atoms with Crippen molar-refractivity contribution in [3.8, 4) is 5.75 Å². The largest absolute Gasteiger partial charge is 0.508 e. The van der Waals surface area contributed by atoms with E-state index in [1.807, 2.05) is 0 Å². The quantitative estimate of drug-likeness (QED) is 0.680. The van der Waals surface area contributed by atoms with Crippen molar-refractivity contribution in [2.75, 3.05) is 0 Å². The fraction of sp³-hybridized carbons (Fsp3) is 0.250. The summed E-state index contributed by atoms with van der Waals surface area (Å²) in [7, 11) is 0. The number of aromatic hydroxyl groups is 1. The summed E-state index contributed by atoms with van der Waals surface area (Å²) in [6, 6.07) is 4.73. The van der Waals surface area contributed by atoms with Crippen molar-refractivity contribution < 1.29 is 5.11 Å². The zero-order chi connectivity index (χ0) is 8.43. The van der Waals surface area contributed by atoms with Crippen molar-refractivity contribution in [1.82, 2.24) is 0 Å². The van der Waals surface area contributed by atoms with Crippen LogP contribution in [0, 0.1) is 0 Å². The van der Waals surface area contributed by atoms with Gasteiger partial charge in [0.05, 0.1) is 0 Å². The number of rotatable bonds is 1. The molecule has 3 heteroatoms. The summed E-state index contributed by atoms with van der Waals surface area (Å²) in [5.41, 5.74) is 6.18. The first kappa shape index (κ1) is 8.37. The number of benzene rings is 1. The Hall–Kier alpha value is -0.730. The van der Waals surface area contributed by atoms with Gasteiger partial charge in [0.2, 0.25) is 0 Å². The van der Waals surface area contributed by atoms with Gasteiger partial charge in [-0.15, -0.1) is 0 Å². The van der Waals surface area contributed by atoms with Crippen LogP contribution in [0.5, 0.6) is 5.75 Å². The first-order valence-electron chi connectivity index (χ1n) is 3.36. The van der Waals surface area contributed by atoms with Gasteiger partial charge in [-0.1, -0.05) is 17.7 Å². The molecule has 0 aliphatic carbocycles. The minimum atomic E-state index is -0.233. The van der Waals surface area contributed by atoms with Gasteiger partial charge < -0.3 is 10.8 Å². The molecule has 1 rings (SSSR count). The predicted octanol–water partition coefficient (Wildman–Crippen LogP) is 2.07. The summed E-state index contributed by atoms with van der Waals surface area (Å²) >= 11 is 5.78. The van der Waals surface area contributed by atoms with Gasteiger partial charge in [-0.25, -0.2) is 0 Å². The standard InChI is InChI=1S/C8H10ClNO/c1-5(10)8-6(9)3-2-4-7(8)11/h2-5,11H,10H2,1H3/t5-/m0/s1. The van der Waals surface area contributed by atoms with Gasteiger partial charge in [-0.3, -0.25) is 0 Å². The molecular weight excluding hydrogens is 162 g/mol. The van der Waals surface area contributed by atoms with Crippen molar-refractivity contribution in [3.05, 3.63) is 28.8 Å². The van der Waals surface area contributed by atoms with E-state index in [0.29, 0.717) is 10.6 Å². The first-order chi connectivity index (χ1) is 5.13. The third-order valence-electron chi connectivity index (χ3n) is 1.49. The van der Waals surface area contributed by atoms with Crippen LogP contribution in [0.4, 0.5) is 0 Å². The molecule has 60 valence electrons. The third kappa shape index (κ3) is 1.64. The molecule has 1 atom stereocenters. The summed E-state index contributed by atoms with van der Waals surface area (Å²) < 4.78 is 0. The molecule has 0 bridgehead atoms. The normalized spacial score (nSPS) is 13.0. The Balaban J connectivity index is 3.21. The minimum absolute atomic E-state index is 0.160. The topological polar surface area (TPSA) is 46.2 Å². The Morgan fingerprint density at radius 3 is 2.55 bits per heavy atom. The van der Waals surface area contributed by atoms with Crippen molar-refractivity contribution in [2.45, 2.75) is 13.0 Å². The summed E-state index contributed by atoms with van der Waals surface area (Å²) in [4.78, 5) is 0. The molecule has 1 aromatic carbocycles. The Morgan fingerprint density at radius 2 is 2.18 bits per heavy atom. The molecule has 0 heterocycles. The van der Waals surface area contributed by atoms with Crippen molar-refractivity contribution in [2.24, 2.45) is 5.73 Å². The molecule has 0 fully saturated rings. The second-order valence-corrected chi connectivity index (χ2v) is 2.87. The van der Waals surface area contributed by atoms with Crippen molar-refractivity contribution in [3.63, 3.8) is 0 Å². The van der Waals surface area contributed by atoms with Crippen LogP contribution in [0.3, 0.4) is 0 Å². The maximum Gasteiger partial charge on any atom is 0.121 e. The summed E-state index contributed by atoms with van der Waals surface area (Å²) in [6.45, 7) is 1.78. The maximum atomic E-state index is 9.30. The summed E-state index contributed by atoms with van der Waals surface area (Å²) in [5.74, 6) is 0.160. The number of phenols is 1. The van der Waals surface area contributed by atoms with E-state index in [2.05, 4.69) is 0 Å². The Bertz CT molecular complexity index is 240. The molecule has 0 aliphatic rings. The fourth-order valence-electron chi connectivity index (χ4n) is 0.976. The SMILES string of the molecule is C[C@H](N)c1c(O)cccc1Cl.